The van der Waals surface area contributed by atoms with Crippen molar-refractivity contribution in [2.45, 2.75) is 0 Å². The number of anilines is 2. The van der Waals surface area contributed by atoms with Crippen LogP contribution in [0.3, 0.4) is 0 Å². The molecule has 0 bridgehead atoms. The van der Waals surface area contributed by atoms with E-state index in [1.807, 2.05) is 0 Å². The number of halogens is 2. The van der Waals surface area contributed by atoms with Gasteiger partial charge < -0.3 is 5.32 Å². The molecule has 1 N–H and O–H groups in total. The Morgan fingerprint density at radius 1 is 1.28 bits per heavy atom. The number of aromatic nitrogens is 2. The molecule has 0 aliphatic heterocycles. The molecule has 1 aromatic carbocycles. The zero-order valence-electron chi connectivity index (χ0n) is 8.80. The van der Waals surface area contributed by atoms with Gasteiger partial charge in [-0.05, 0) is 18.2 Å². The normalized spacial score (nSPS) is 10.1. The van der Waals surface area contributed by atoms with Crippen LogP contribution in [-0.2, 0) is 0 Å². The van der Waals surface area contributed by atoms with Gasteiger partial charge >= 0.3 is 5.69 Å². The minimum absolute atomic E-state index is 0.0160. The van der Waals surface area contributed by atoms with Gasteiger partial charge in [0.15, 0.2) is 0 Å². The first-order valence-corrected chi connectivity index (χ1v) is 5.51. The fourth-order valence-electron chi connectivity index (χ4n) is 1.31. The molecule has 18 heavy (non-hydrogen) atoms. The lowest BCUT2D eigenvalue weighted by Gasteiger charge is -2.06. The Morgan fingerprint density at radius 3 is 2.72 bits per heavy atom. The molecule has 0 fully saturated rings. The molecule has 0 amide bonds. The lowest BCUT2D eigenvalue weighted by molar-refractivity contribution is -0.384. The molecule has 92 valence electrons. The van der Waals surface area contributed by atoms with Crippen molar-refractivity contribution >= 4 is 40.4 Å². The fourth-order valence-corrected chi connectivity index (χ4v) is 1.71. The van der Waals surface area contributed by atoms with Crippen LogP contribution in [0.15, 0.2) is 30.6 Å². The average Bonchev–Trinajstić information content (AvgIpc) is 2.28. The molecule has 0 aliphatic rings. The second-order valence-electron chi connectivity index (χ2n) is 3.25. The highest BCUT2D eigenvalue weighted by atomic mass is 35.5. The maximum atomic E-state index is 10.9. The van der Waals surface area contributed by atoms with Gasteiger partial charge in [-0.3, -0.25) is 10.1 Å². The summed E-state index contributed by atoms with van der Waals surface area (Å²) >= 11 is 11.5. The topological polar surface area (TPSA) is 81.0 Å². The SMILES string of the molecule is O=[N+]([O-])c1c(Cl)ncnc1Nc1cccc(Cl)c1. The van der Waals surface area contributed by atoms with Crippen molar-refractivity contribution in [2.24, 2.45) is 0 Å². The molecule has 0 spiro atoms. The summed E-state index contributed by atoms with van der Waals surface area (Å²) in [6.45, 7) is 0. The second-order valence-corrected chi connectivity index (χ2v) is 4.05. The molecular weight excluding hydrogens is 279 g/mol. The number of rotatable bonds is 3. The minimum atomic E-state index is -0.644. The summed E-state index contributed by atoms with van der Waals surface area (Å²) in [4.78, 5) is 17.6. The predicted octanol–water partition coefficient (Wildman–Crippen LogP) is 3.44. The van der Waals surface area contributed by atoms with Crippen LogP contribution >= 0.6 is 23.2 Å². The van der Waals surface area contributed by atoms with Gasteiger partial charge in [0.1, 0.15) is 6.33 Å². The van der Waals surface area contributed by atoms with Crippen LogP contribution in [0.25, 0.3) is 0 Å². The Hall–Kier alpha value is -1.92. The van der Waals surface area contributed by atoms with Crippen LogP contribution in [0.4, 0.5) is 17.2 Å². The molecule has 0 radical (unpaired) electrons. The number of nitro groups is 1. The van der Waals surface area contributed by atoms with E-state index in [4.69, 9.17) is 23.2 Å². The van der Waals surface area contributed by atoms with Gasteiger partial charge in [-0.2, -0.15) is 0 Å². The van der Waals surface area contributed by atoms with Crippen LogP contribution in [0.2, 0.25) is 10.2 Å². The van der Waals surface area contributed by atoms with Crippen molar-refractivity contribution in [1.29, 1.82) is 0 Å². The maximum absolute atomic E-state index is 10.9. The maximum Gasteiger partial charge on any atom is 0.348 e. The molecule has 0 unspecified atom stereocenters. The Labute approximate surface area is 112 Å². The number of nitrogens with one attached hydrogen (secondary N) is 1. The van der Waals surface area contributed by atoms with Crippen LogP contribution in [0, 0.1) is 10.1 Å². The van der Waals surface area contributed by atoms with Gasteiger partial charge in [0, 0.05) is 10.7 Å². The van der Waals surface area contributed by atoms with Crippen molar-refractivity contribution in [3.05, 3.63) is 50.9 Å². The monoisotopic (exact) mass is 284 g/mol. The number of benzene rings is 1. The summed E-state index contributed by atoms with van der Waals surface area (Å²) in [5.74, 6) is 0.0160. The van der Waals surface area contributed by atoms with E-state index < -0.39 is 4.92 Å². The van der Waals surface area contributed by atoms with Gasteiger partial charge in [0.2, 0.25) is 11.0 Å². The highest BCUT2D eigenvalue weighted by Crippen LogP contribution is 2.30. The van der Waals surface area contributed by atoms with E-state index in [0.717, 1.165) is 6.33 Å². The van der Waals surface area contributed by atoms with Gasteiger partial charge in [0.25, 0.3) is 0 Å². The lowest BCUT2D eigenvalue weighted by atomic mass is 10.3. The molecular formula is C10H6Cl2N4O2. The Bertz CT molecular complexity index is 606. The van der Waals surface area contributed by atoms with Crippen molar-refractivity contribution in [2.75, 3.05) is 5.32 Å². The highest BCUT2D eigenvalue weighted by Gasteiger charge is 2.21. The predicted molar refractivity (Wildman–Crippen MR) is 68.4 cm³/mol. The second kappa shape index (κ2) is 5.16. The van der Waals surface area contributed by atoms with E-state index >= 15 is 0 Å². The first-order valence-electron chi connectivity index (χ1n) is 4.75. The Kier molecular flexibility index (Phi) is 3.59. The van der Waals surface area contributed by atoms with E-state index in [-0.39, 0.29) is 16.7 Å². The minimum Gasteiger partial charge on any atom is -0.334 e. The molecule has 6 nitrogen and oxygen atoms in total. The molecule has 0 atom stereocenters. The van der Waals surface area contributed by atoms with Crippen molar-refractivity contribution in [1.82, 2.24) is 9.97 Å². The lowest BCUT2D eigenvalue weighted by Crippen LogP contribution is -2.01. The molecule has 2 rings (SSSR count). The fraction of sp³-hybridized carbons (Fsp3) is 0. The van der Waals surface area contributed by atoms with Gasteiger partial charge in [-0.1, -0.05) is 29.3 Å². The van der Waals surface area contributed by atoms with Gasteiger partial charge in [0.05, 0.1) is 4.92 Å². The van der Waals surface area contributed by atoms with E-state index in [1.54, 1.807) is 24.3 Å². The summed E-state index contributed by atoms with van der Waals surface area (Å²) in [5, 5.41) is 13.9. The summed E-state index contributed by atoms with van der Waals surface area (Å²) in [6.07, 6.45) is 1.14. The first kappa shape index (κ1) is 12.5. The highest BCUT2D eigenvalue weighted by molar-refractivity contribution is 6.32. The summed E-state index contributed by atoms with van der Waals surface area (Å²) in [7, 11) is 0. The number of hydrogen-bond donors (Lipinski definition) is 1. The Morgan fingerprint density at radius 2 is 2.06 bits per heavy atom. The summed E-state index contributed by atoms with van der Waals surface area (Å²) < 4.78 is 0. The molecule has 2 aromatic rings. The van der Waals surface area contributed by atoms with Crippen LogP contribution in [0.5, 0.6) is 0 Å². The third kappa shape index (κ3) is 2.66. The molecule has 0 saturated carbocycles. The van der Waals surface area contributed by atoms with Crippen molar-refractivity contribution in [3.63, 3.8) is 0 Å². The third-order valence-corrected chi connectivity index (χ3v) is 2.56. The zero-order valence-corrected chi connectivity index (χ0v) is 10.3. The van der Waals surface area contributed by atoms with E-state index in [1.165, 1.54) is 0 Å². The average molecular weight is 285 g/mol. The smallest absolute Gasteiger partial charge is 0.334 e. The first-order chi connectivity index (χ1) is 8.58. The van der Waals surface area contributed by atoms with Crippen LogP contribution < -0.4 is 5.32 Å². The Balaban J connectivity index is 2.40. The van der Waals surface area contributed by atoms with Crippen molar-refractivity contribution < 1.29 is 4.92 Å². The molecule has 1 aromatic heterocycles. The number of hydrogen-bond acceptors (Lipinski definition) is 5. The largest absolute Gasteiger partial charge is 0.348 e. The quantitative estimate of drug-likeness (QED) is 0.530. The zero-order chi connectivity index (χ0) is 13.1. The molecule has 0 aliphatic carbocycles. The van der Waals surface area contributed by atoms with Gasteiger partial charge in [-0.15, -0.1) is 0 Å². The summed E-state index contributed by atoms with van der Waals surface area (Å²) in [5.41, 5.74) is 0.194. The number of nitrogens with zero attached hydrogens (tertiary/aromatic N) is 3. The van der Waals surface area contributed by atoms with Crippen LogP contribution in [-0.4, -0.2) is 14.9 Å². The van der Waals surface area contributed by atoms with E-state index in [9.17, 15) is 10.1 Å². The molecule has 1 heterocycles. The molecule has 8 heteroatoms. The standard InChI is InChI=1S/C10H6Cl2N4O2/c11-6-2-1-3-7(4-6)15-10-8(16(17)18)9(12)13-5-14-10/h1-5H,(H,13,14,15). The third-order valence-electron chi connectivity index (χ3n) is 2.05. The van der Waals surface area contributed by atoms with Gasteiger partial charge in [-0.25, -0.2) is 9.97 Å². The molecule has 0 saturated heterocycles. The van der Waals surface area contributed by atoms with Crippen molar-refractivity contribution in [3.8, 4) is 0 Å². The van der Waals surface area contributed by atoms with E-state index in [0.29, 0.717) is 10.7 Å². The van der Waals surface area contributed by atoms with Crippen LogP contribution in [0.1, 0.15) is 0 Å². The van der Waals surface area contributed by atoms with E-state index in [2.05, 4.69) is 15.3 Å². The summed E-state index contributed by atoms with van der Waals surface area (Å²) in [6, 6.07) is 6.71.